The fourth-order valence-electron chi connectivity index (χ4n) is 3.21. The van der Waals surface area contributed by atoms with Crippen molar-refractivity contribution in [2.75, 3.05) is 18.4 Å². The van der Waals surface area contributed by atoms with E-state index in [1.54, 1.807) is 12.1 Å². The lowest BCUT2D eigenvalue weighted by Gasteiger charge is -2.23. The van der Waals surface area contributed by atoms with Gasteiger partial charge in [0.2, 0.25) is 10.0 Å². The van der Waals surface area contributed by atoms with E-state index in [1.807, 2.05) is 6.07 Å². The highest BCUT2D eigenvalue weighted by molar-refractivity contribution is 7.89. The van der Waals surface area contributed by atoms with Crippen molar-refractivity contribution < 1.29 is 8.42 Å². The van der Waals surface area contributed by atoms with Crippen molar-refractivity contribution in [1.82, 2.24) is 4.72 Å². The van der Waals surface area contributed by atoms with Crippen molar-refractivity contribution in [3.63, 3.8) is 0 Å². The van der Waals surface area contributed by atoms with Crippen molar-refractivity contribution in [1.29, 1.82) is 0 Å². The second-order valence-electron chi connectivity index (χ2n) is 6.34. The van der Waals surface area contributed by atoms with Crippen molar-refractivity contribution in [2.24, 2.45) is 5.41 Å². The summed E-state index contributed by atoms with van der Waals surface area (Å²) < 4.78 is 27.6. The molecule has 3 rings (SSSR count). The van der Waals surface area contributed by atoms with Crippen molar-refractivity contribution in [3.05, 3.63) is 23.8 Å². The summed E-state index contributed by atoms with van der Waals surface area (Å²) in [6, 6.07) is 5.36. The van der Waals surface area contributed by atoms with Gasteiger partial charge in [0, 0.05) is 18.8 Å². The standard InChI is InChI=1S/C15H22N2O2S/c1-15(7-2-3-8-15)11-17-20(18,19)13-4-5-14-12(10-13)6-9-16-14/h4-5,10,16-17H,2-3,6-9,11H2,1H3. The maximum atomic E-state index is 12.4. The zero-order chi connectivity index (χ0) is 14.2. The number of fused-ring (bicyclic) bond motifs is 1. The second kappa shape index (κ2) is 5.04. The first-order valence-electron chi connectivity index (χ1n) is 7.35. The van der Waals surface area contributed by atoms with Gasteiger partial charge in [0.05, 0.1) is 4.90 Å². The van der Waals surface area contributed by atoms with Gasteiger partial charge in [-0.2, -0.15) is 0 Å². The zero-order valence-corrected chi connectivity index (χ0v) is 12.7. The molecule has 0 bridgehead atoms. The Morgan fingerprint density at radius 2 is 2.05 bits per heavy atom. The molecule has 1 aliphatic carbocycles. The van der Waals surface area contributed by atoms with Gasteiger partial charge in [-0.15, -0.1) is 0 Å². The molecule has 1 heterocycles. The van der Waals surface area contributed by atoms with Crippen LogP contribution in [0, 0.1) is 5.41 Å². The molecular weight excluding hydrogens is 272 g/mol. The fraction of sp³-hybridized carbons (Fsp3) is 0.600. The highest BCUT2D eigenvalue weighted by atomic mass is 32.2. The highest BCUT2D eigenvalue weighted by Gasteiger charge is 2.30. The maximum absolute atomic E-state index is 12.4. The molecule has 20 heavy (non-hydrogen) atoms. The number of hydrogen-bond acceptors (Lipinski definition) is 3. The van der Waals surface area contributed by atoms with E-state index in [-0.39, 0.29) is 5.41 Å². The van der Waals surface area contributed by atoms with E-state index in [4.69, 9.17) is 0 Å². The van der Waals surface area contributed by atoms with Crippen molar-refractivity contribution in [2.45, 2.75) is 43.9 Å². The van der Waals surface area contributed by atoms with E-state index in [0.717, 1.165) is 37.1 Å². The third kappa shape index (κ3) is 2.69. The number of nitrogens with one attached hydrogen (secondary N) is 2. The molecule has 110 valence electrons. The molecule has 0 amide bonds. The summed E-state index contributed by atoms with van der Waals surface area (Å²) >= 11 is 0. The van der Waals surface area contributed by atoms with Gasteiger partial charge in [-0.3, -0.25) is 0 Å². The zero-order valence-electron chi connectivity index (χ0n) is 11.9. The monoisotopic (exact) mass is 294 g/mol. The molecule has 0 aromatic heterocycles. The molecular formula is C15H22N2O2S. The van der Waals surface area contributed by atoms with E-state index in [0.29, 0.717) is 11.4 Å². The molecule has 1 fully saturated rings. The molecule has 4 nitrogen and oxygen atoms in total. The van der Waals surface area contributed by atoms with E-state index < -0.39 is 10.0 Å². The molecule has 0 saturated heterocycles. The van der Waals surface area contributed by atoms with Crippen molar-refractivity contribution in [3.8, 4) is 0 Å². The average molecular weight is 294 g/mol. The van der Waals surface area contributed by atoms with E-state index in [1.165, 1.54) is 12.8 Å². The Morgan fingerprint density at radius 3 is 2.80 bits per heavy atom. The number of anilines is 1. The molecule has 0 atom stereocenters. The minimum Gasteiger partial charge on any atom is -0.384 e. The third-order valence-corrected chi connectivity index (χ3v) is 6.00. The first-order chi connectivity index (χ1) is 9.49. The van der Waals surface area contributed by atoms with Gasteiger partial charge in [0.25, 0.3) is 0 Å². The number of hydrogen-bond donors (Lipinski definition) is 2. The van der Waals surface area contributed by atoms with Gasteiger partial charge >= 0.3 is 0 Å². The van der Waals surface area contributed by atoms with Gasteiger partial charge in [-0.05, 0) is 48.4 Å². The number of benzene rings is 1. The molecule has 1 saturated carbocycles. The van der Waals surface area contributed by atoms with Crippen LogP contribution in [0.2, 0.25) is 0 Å². The van der Waals surface area contributed by atoms with Gasteiger partial charge in [0.15, 0.2) is 0 Å². The quantitative estimate of drug-likeness (QED) is 0.897. The minimum absolute atomic E-state index is 0.130. The summed E-state index contributed by atoms with van der Waals surface area (Å²) in [6.07, 6.45) is 5.55. The number of rotatable bonds is 4. The predicted octanol–water partition coefficient (Wildman–Crippen LogP) is 2.51. The van der Waals surface area contributed by atoms with Crippen LogP contribution in [0.1, 0.15) is 38.2 Å². The fourth-order valence-corrected chi connectivity index (χ4v) is 4.46. The van der Waals surface area contributed by atoms with Crippen molar-refractivity contribution >= 4 is 15.7 Å². The van der Waals surface area contributed by atoms with Crippen LogP contribution in [0.25, 0.3) is 0 Å². The Balaban J connectivity index is 1.74. The van der Waals surface area contributed by atoms with Crippen LogP contribution in [0.5, 0.6) is 0 Å². The van der Waals surface area contributed by atoms with Crippen LogP contribution in [-0.2, 0) is 16.4 Å². The first kappa shape index (κ1) is 13.9. The van der Waals surface area contributed by atoms with Gasteiger partial charge in [-0.1, -0.05) is 19.8 Å². The maximum Gasteiger partial charge on any atom is 0.240 e. The SMILES string of the molecule is CC1(CNS(=O)(=O)c2ccc3c(c2)CCN3)CCCC1. The summed E-state index contributed by atoms with van der Waals surface area (Å²) in [7, 11) is -3.39. The lowest BCUT2D eigenvalue weighted by molar-refractivity contribution is 0.336. The van der Waals surface area contributed by atoms with Crippen LogP contribution in [0.3, 0.4) is 0 Å². The molecule has 2 N–H and O–H groups in total. The smallest absolute Gasteiger partial charge is 0.240 e. The summed E-state index contributed by atoms with van der Waals surface area (Å²) in [5.41, 5.74) is 2.29. The molecule has 1 aromatic carbocycles. The van der Waals surface area contributed by atoms with Crippen LogP contribution in [0.15, 0.2) is 23.1 Å². The van der Waals surface area contributed by atoms with E-state index in [9.17, 15) is 8.42 Å². The summed E-state index contributed by atoms with van der Waals surface area (Å²) in [6.45, 7) is 3.62. The second-order valence-corrected chi connectivity index (χ2v) is 8.11. The predicted molar refractivity (Wildman–Crippen MR) is 80.4 cm³/mol. The first-order valence-corrected chi connectivity index (χ1v) is 8.83. The molecule has 2 aliphatic rings. The molecule has 0 unspecified atom stereocenters. The van der Waals surface area contributed by atoms with Crippen LogP contribution in [-0.4, -0.2) is 21.5 Å². The van der Waals surface area contributed by atoms with Crippen LogP contribution >= 0.6 is 0 Å². The normalized spacial score (nSPS) is 20.6. The Hall–Kier alpha value is -1.07. The van der Waals surface area contributed by atoms with Gasteiger partial charge in [0.1, 0.15) is 0 Å². The lowest BCUT2D eigenvalue weighted by Crippen LogP contribution is -2.34. The third-order valence-electron chi connectivity index (χ3n) is 4.60. The van der Waals surface area contributed by atoms with E-state index in [2.05, 4.69) is 17.0 Å². The summed E-state index contributed by atoms with van der Waals surface area (Å²) in [5, 5.41) is 3.25. The average Bonchev–Trinajstić information content (AvgIpc) is 3.05. The molecule has 5 heteroatoms. The molecule has 0 spiro atoms. The topological polar surface area (TPSA) is 58.2 Å². The Labute approximate surface area is 121 Å². The van der Waals surface area contributed by atoms with Gasteiger partial charge in [-0.25, -0.2) is 13.1 Å². The Bertz CT molecular complexity index is 604. The molecule has 1 aliphatic heterocycles. The Kier molecular flexibility index (Phi) is 3.50. The van der Waals surface area contributed by atoms with Crippen LogP contribution < -0.4 is 10.0 Å². The highest BCUT2D eigenvalue weighted by Crippen LogP contribution is 2.37. The summed E-state index contributed by atoms with van der Waals surface area (Å²) in [4.78, 5) is 0.390. The van der Waals surface area contributed by atoms with E-state index >= 15 is 0 Å². The van der Waals surface area contributed by atoms with Crippen LogP contribution in [0.4, 0.5) is 5.69 Å². The molecule has 1 aromatic rings. The van der Waals surface area contributed by atoms with Gasteiger partial charge < -0.3 is 5.32 Å². The lowest BCUT2D eigenvalue weighted by atomic mass is 9.89. The number of sulfonamides is 1. The minimum atomic E-state index is -3.39. The largest absolute Gasteiger partial charge is 0.384 e. The molecule has 0 radical (unpaired) electrons. The summed E-state index contributed by atoms with van der Waals surface area (Å²) in [5.74, 6) is 0. The Morgan fingerprint density at radius 1 is 1.30 bits per heavy atom.